The van der Waals surface area contributed by atoms with Gasteiger partial charge in [-0.2, -0.15) is 0 Å². The number of hydrogen-bond donors (Lipinski definition) is 3. The van der Waals surface area contributed by atoms with Gasteiger partial charge in [-0.25, -0.2) is 18.4 Å². The van der Waals surface area contributed by atoms with Gasteiger partial charge in [0.1, 0.15) is 17.2 Å². The predicted octanol–water partition coefficient (Wildman–Crippen LogP) is 3.47. The van der Waals surface area contributed by atoms with E-state index in [-0.39, 0.29) is 22.8 Å². The Hall–Kier alpha value is -2.98. The van der Waals surface area contributed by atoms with Crippen molar-refractivity contribution in [2.75, 3.05) is 24.0 Å². The predicted molar refractivity (Wildman–Crippen MR) is 118 cm³/mol. The summed E-state index contributed by atoms with van der Waals surface area (Å²) in [5.41, 5.74) is 2.75. The first-order valence-electron chi connectivity index (χ1n) is 9.97. The smallest absolute Gasteiger partial charge is 0.228 e. The summed E-state index contributed by atoms with van der Waals surface area (Å²) in [4.78, 5) is 24.3. The summed E-state index contributed by atoms with van der Waals surface area (Å²) in [6, 6.07) is 6.79. The number of aromatic nitrogens is 3. The van der Waals surface area contributed by atoms with Gasteiger partial charge in [0.25, 0.3) is 0 Å². The van der Waals surface area contributed by atoms with Crippen LogP contribution in [0.25, 0.3) is 11.2 Å². The van der Waals surface area contributed by atoms with E-state index in [0.717, 1.165) is 24.7 Å². The van der Waals surface area contributed by atoms with E-state index in [1.54, 1.807) is 32.2 Å². The molecule has 0 aliphatic heterocycles. The summed E-state index contributed by atoms with van der Waals surface area (Å²) in [5.74, 6) is 0.998. The minimum Gasteiger partial charge on any atom is -0.377 e. The third kappa shape index (κ3) is 4.54. The van der Waals surface area contributed by atoms with Crippen molar-refractivity contribution in [3.63, 3.8) is 0 Å². The fourth-order valence-electron chi connectivity index (χ4n) is 3.32. The van der Waals surface area contributed by atoms with Gasteiger partial charge in [0, 0.05) is 25.3 Å². The summed E-state index contributed by atoms with van der Waals surface area (Å²) in [7, 11) is -1.96. The molecule has 4 rings (SSSR count). The number of benzene rings is 1. The number of fused-ring (bicyclic) bond motifs is 1. The van der Waals surface area contributed by atoms with E-state index < -0.39 is 9.84 Å². The summed E-state index contributed by atoms with van der Waals surface area (Å²) >= 11 is 0. The minimum absolute atomic E-state index is 0.0320. The Balaban J connectivity index is 1.77. The standard InChI is InChI=1S/C21H25N5O4S/c1-11(30-3)14-7-8-15(17(9-14)31(4,28)29)24-16-10-18(26-21(27)13-5-6-13)25-20-19(16)22-12(2)23-20/h7-11,13H,5-6H2,1-4H3,(H3,22,23,24,25,26,27). The van der Waals surface area contributed by atoms with Gasteiger partial charge in [-0.05, 0) is 44.4 Å². The molecule has 31 heavy (non-hydrogen) atoms. The Morgan fingerprint density at radius 3 is 2.61 bits per heavy atom. The molecular weight excluding hydrogens is 418 g/mol. The average Bonchev–Trinajstić information content (AvgIpc) is 3.49. The number of H-pyrrole nitrogens is 1. The Kier molecular flexibility index (Phi) is 5.44. The lowest BCUT2D eigenvalue weighted by molar-refractivity contribution is -0.117. The van der Waals surface area contributed by atoms with E-state index >= 15 is 0 Å². The topological polar surface area (TPSA) is 126 Å². The first-order chi connectivity index (χ1) is 14.7. The molecule has 1 aliphatic carbocycles. The number of nitrogens with zero attached hydrogens (tertiary/aromatic N) is 2. The van der Waals surface area contributed by atoms with Crippen molar-refractivity contribution in [1.82, 2.24) is 15.0 Å². The number of carbonyl (C=O) groups excluding carboxylic acids is 1. The number of amides is 1. The quantitative estimate of drug-likeness (QED) is 0.510. The van der Waals surface area contributed by atoms with Crippen LogP contribution in [0, 0.1) is 12.8 Å². The average molecular weight is 444 g/mol. The van der Waals surface area contributed by atoms with E-state index in [1.807, 2.05) is 13.0 Å². The lowest BCUT2D eigenvalue weighted by Crippen LogP contribution is -2.14. The normalized spacial score (nSPS) is 15.1. The van der Waals surface area contributed by atoms with Gasteiger partial charge in [-0.1, -0.05) is 6.07 Å². The van der Waals surface area contributed by atoms with Crippen molar-refractivity contribution in [3.8, 4) is 0 Å². The van der Waals surface area contributed by atoms with Crippen molar-refractivity contribution in [1.29, 1.82) is 0 Å². The molecule has 164 valence electrons. The molecule has 3 N–H and O–H groups in total. The van der Waals surface area contributed by atoms with E-state index in [2.05, 4.69) is 25.6 Å². The lowest BCUT2D eigenvalue weighted by atomic mass is 10.1. The molecule has 2 aromatic heterocycles. The zero-order valence-corrected chi connectivity index (χ0v) is 18.6. The van der Waals surface area contributed by atoms with Crippen LogP contribution in [0.2, 0.25) is 0 Å². The van der Waals surface area contributed by atoms with E-state index in [4.69, 9.17) is 4.74 Å². The fraction of sp³-hybridized carbons (Fsp3) is 0.381. The molecule has 2 heterocycles. The van der Waals surface area contributed by atoms with Crippen LogP contribution in [0.15, 0.2) is 29.2 Å². The molecule has 0 spiro atoms. The Labute approximate surface area is 180 Å². The number of pyridine rings is 1. The molecular formula is C21H25N5O4S. The minimum atomic E-state index is -3.53. The zero-order chi connectivity index (χ0) is 22.3. The van der Waals surface area contributed by atoms with Crippen molar-refractivity contribution < 1.29 is 17.9 Å². The molecule has 0 radical (unpaired) electrons. The fourth-order valence-corrected chi connectivity index (χ4v) is 4.19. The second kappa shape index (κ2) is 7.93. The SMILES string of the molecule is COC(C)c1ccc(Nc2cc(NC(=O)C3CC3)nc3[nH]c(C)nc23)c(S(C)(=O)=O)c1. The number of aryl methyl sites for hydroxylation is 1. The molecule has 1 aliphatic rings. The summed E-state index contributed by atoms with van der Waals surface area (Å²) < 4.78 is 30.3. The van der Waals surface area contributed by atoms with Crippen molar-refractivity contribution >= 4 is 44.1 Å². The van der Waals surface area contributed by atoms with Gasteiger partial charge in [-0.3, -0.25) is 4.79 Å². The summed E-state index contributed by atoms with van der Waals surface area (Å²) in [6.07, 6.45) is 2.68. The molecule has 1 unspecified atom stereocenters. The number of carbonyl (C=O) groups is 1. The number of methoxy groups -OCH3 is 1. The van der Waals surface area contributed by atoms with E-state index in [9.17, 15) is 13.2 Å². The van der Waals surface area contributed by atoms with E-state index in [0.29, 0.717) is 34.2 Å². The Morgan fingerprint density at radius 1 is 1.23 bits per heavy atom. The number of hydrogen-bond acceptors (Lipinski definition) is 7. The monoisotopic (exact) mass is 443 g/mol. The highest BCUT2D eigenvalue weighted by Gasteiger charge is 2.30. The summed E-state index contributed by atoms with van der Waals surface area (Å²) in [6.45, 7) is 3.65. The number of nitrogens with one attached hydrogen (secondary N) is 3. The molecule has 0 saturated heterocycles. The van der Waals surface area contributed by atoms with Gasteiger partial charge in [0.2, 0.25) is 5.91 Å². The Morgan fingerprint density at radius 2 is 1.97 bits per heavy atom. The molecule has 9 nitrogen and oxygen atoms in total. The van der Waals surface area contributed by atoms with Gasteiger partial charge in [0.15, 0.2) is 15.5 Å². The number of ether oxygens (including phenoxy) is 1. The van der Waals surface area contributed by atoms with Crippen LogP contribution in [0.5, 0.6) is 0 Å². The molecule has 10 heteroatoms. The van der Waals surface area contributed by atoms with Crippen molar-refractivity contribution in [2.45, 2.75) is 37.7 Å². The zero-order valence-electron chi connectivity index (χ0n) is 17.8. The van der Waals surface area contributed by atoms with Gasteiger partial charge >= 0.3 is 0 Å². The third-order valence-electron chi connectivity index (χ3n) is 5.27. The molecule has 1 amide bonds. The van der Waals surface area contributed by atoms with Crippen LogP contribution in [0.3, 0.4) is 0 Å². The van der Waals surface area contributed by atoms with Crippen LogP contribution in [0.4, 0.5) is 17.2 Å². The molecule has 1 saturated carbocycles. The van der Waals surface area contributed by atoms with Crippen LogP contribution >= 0.6 is 0 Å². The highest BCUT2D eigenvalue weighted by molar-refractivity contribution is 7.90. The maximum absolute atomic E-state index is 12.5. The molecule has 0 bridgehead atoms. The Bertz CT molecular complexity index is 1260. The second-order valence-electron chi connectivity index (χ2n) is 7.87. The van der Waals surface area contributed by atoms with Gasteiger partial charge in [-0.15, -0.1) is 0 Å². The van der Waals surface area contributed by atoms with Crippen molar-refractivity contribution in [2.24, 2.45) is 5.92 Å². The highest BCUT2D eigenvalue weighted by atomic mass is 32.2. The molecule has 1 atom stereocenters. The van der Waals surface area contributed by atoms with E-state index in [1.165, 1.54) is 0 Å². The first kappa shape index (κ1) is 21.3. The summed E-state index contributed by atoms with van der Waals surface area (Å²) in [5, 5.41) is 6.02. The van der Waals surface area contributed by atoms with Crippen molar-refractivity contribution in [3.05, 3.63) is 35.7 Å². The number of anilines is 3. The number of imidazole rings is 1. The highest BCUT2D eigenvalue weighted by Crippen LogP contribution is 2.34. The number of rotatable bonds is 7. The maximum Gasteiger partial charge on any atom is 0.228 e. The van der Waals surface area contributed by atoms with Crippen LogP contribution in [-0.4, -0.2) is 42.6 Å². The third-order valence-corrected chi connectivity index (χ3v) is 6.41. The molecule has 1 fully saturated rings. The van der Waals surface area contributed by atoms with Crippen LogP contribution in [0.1, 0.15) is 37.3 Å². The largest absolute Gasteiger partial charge is 0.377 e. The van der Waals surface area contributed by atoms with Crippen LogP contribution in [-0.2, 0) is 19.4 Å². The maximum atomic E-state index is 12.5. The molecule has 1 aromatic carbocycles. The second-order valence-corrected chi connectivity index (χ2v) is 9.85. The molecule has 3 aromatic rings. The van der Waals surface area contributed by atoms with Gasteiger partial charge < -0.3 is 20.4 Å². The lowest BCUT2D eigenvalue weighted by Gasteiger charge is -2.16. The number of aromatic amines is 1. The first-order valence-corrected chi connectivity index (χ1v) is 11.9. The number of sulfone groups is 1. The van der Waals surface area contributed by atoms with Gasteiger partial charge in [0.05, 0.1) is 22.4 Å². The van der Waals surface area contributed by atoms with Crippen LogP contribution < -0.4 is 10.6 Å².